The van der Waals surface area contributed by atoms with E-state index in [2.05, 4.69) is 9.97 Å². The first-order chi connectivity index (χ1) is 11.1. The van der Waals surface area contributed by atoms with E-state index in [1.165, 1.54) is 18.2 Å². The maximum absolute atomic E-state index is 13.6. The van der Waals surface area contributed by atoms with Crippen molar-refractivity contribution in [1.82, 2.24) is 14.9 Å². The largest absolute Gasteiger partial charge is 0.368 e. The molecule has 0 radical (unpaired) electrons. The molecule has 23 heavy (non-hydrogen) atoms. The number of anilines is 1. The van der Waals surface area contributed by atoms with Gasteiger partial charge in [-0.25, -0.2) is 14.4 Å². The van der Waals surface area contributed by atoms with Gasteiger partial charge in [-0.1, -0.05) is 24.3 Å². The molecule has 0 saturated carbocycles. The SMILES string of the molecule is Nc1nc(C(=O)N2Cc3ccccc3C2)c2cc(F)ccc2n1. The van der Waals surface area contributed by atoms with Crippen molar-refractivity contribution in [1.29, 1.82) is 0 Å². The zero-order valence-corrected chi connectivity index (χ0v) is 12.2. The zero-order valence-electron chi connectivity index (χ0n) is 12.2. The third-order valence-electron chi connectivity index (χ3n) is 4.01. The van der Waals surface area contributed by atoms with Crippen LogP contribution in [0.1, 0.15) is 21.6 Å². The molecular formula is C17H13FN4O. The lowest BCUT2D eigenvalue weighted by molar-refractivity contribution is 0.0747. The fourth-order valence-electron chi connectivity index (χ4n) is 2.91. The molecule has 2 N–H and O–H groups in total. The molecule has 3 aromatic rings. The van der Waals surface area contributed by atoms with E-state index in [1.807, 2.05) is 24.3 Å². The van der Waals surface area contributed by atoms with Crippen LogP contribution in [0.15, 0.2) is 42.5 Å². The van der Waals surface area contributed by atoms with Crippen LogP contribution in [0.25, 0.3) is 10.9 Å². The Kier molecular flexibility index (Phi) is 2.97. The molecule has 1 aliphatic rings. The summed E-state index contributed by atoms with van der Waals surface area (Å²) in [5.74, 6) is -0.709. The van der Waals surface area contributed by atoms with Gasteiger partial charge >= 0.3 is 0 Å². The van der Waals surface area contributed by atoms with Crippen LogP contribution < -0.4 is 5.73 Å². The van der Waals surface area contributed by atoms with E-state index in [4.69, 9.17) is 5.73 Å². The van der Waals surface area contributed by atoms with Gasteiger partial charge in [0.05, 0.1) is 5.52 Å². The second-order valence-corrected chi connectivity index (χ2v) is 5.52. The second kappa shape index (κ2) is 5.01. The Labute approximate surface area is 131 Å². The Balaban J connectivity index is 1.78. The van der Waals surface area contributed by atoms with E-state index < -0.39 is 5.82 Å². The van der Waals surface area contributed by atoms with Crippen LogP contribution in [0.5, 0.6) is 0 Å². The molecule has 0 fully saturated rings. The Morgan fingerprint density at radius 3 is 2.48 bits per heavy atom. The van der Waals surface area contributed by atoms with Gasteiger partial charge in [-0.05, 0) is 29.3 Å². The van der Waals surface area contributed by atoms with Crippen LogP contribution in [-0.2, 0) is 13.1 Å². The highest BCUT2D eigenvalue weighted by atomic mass is 19.1. The number of nitrogens with zero attached hydrogens (tertiary/aromatic N) is 3. The summed E-state index contributed by atoms with van der Waals surface area (Å²) in [6, 6.07) is 11.9. The number of benzene rings is 2. The molecule has 0 bridgehead atoms. The molecule has 0 spiro atoms. The van der Waals surface area contributed by atoms with E-state index in [0.29, 0.717) is 24.0 Å². The first kappa shape index (κ1) is 13.6. The molecule has 1 aliphatic heterocycles. The summed E-state index contributed by atoms with van der Waals surface area (Å²) < 4.78 is 13.6. The van der Waals surface area contributed by atoms with Gasteiger partial charge in [0, 0.05) is 18.5 Å². The standard InChI is InChI=1S/C17H13FN4O/c18-12-5-6-14-13(7-12)15(21-17(19)20-14)16(23)22-8-10-3-1-2-4-11(10)9-22/h1-7H,8-9H2,(H2,19,20,21). The number of carbonyl (C=O) groups excluding carboxylic acids is 1. The molecule has 2 aromatic carbocycles. The summed E-state index contributed by atoms with van der Waals surface area (Å²) in [5.41, 5.74) is 8.51. The lowest BCUT2D eigenvalue weighted by atomic mass is 10.1. The first-order valence-corrected chi connectivity index (χ1v) is 7.20. The lowest BCUT2D eigenvalue weighted by Crippen LogP contribution is -2.27. The fraction of sp³-hybridized carbons (Fsp3) is 0.118. The number of hydrogen-bond donors (Lipinski definition) is 1. The number of fused-ring (bicyclic) bond motifs is 2. The number of hydrogen-bond acceptors (Lipinski definition) is 4. The van der Waals surface area contributed by atoms with Crippen LogP contribution >= 0.6 is 0 Å². The zero-order chi connectivity index (χ0) is 16.0. The topological polar surface area (TPSA) is 72.1 Å². The molecular weight excluding hydrogens is 295 g/mol. The second-order valence-electron chi connectivity index (χ2n) is 5.52. The molecule has 6 heteroatoms. The third kappa shape index (κ3) is 2.28. The van der Waals surface area contributed by atoms with Gasteiger partial charge in [0.15, 0.2) is 0 Å². The van der Waals surface area contributed by atoms with Crippen molar-refractivity contribution in [2.75, 3.05) is 5.73 Å². The Bertz CT molecular complexity index is 916. The number of halogens is 1. The molecule has 0 saturated heterocycles. The van der Waals surface area contributed by atoms with Gasteiger partial charge in [-0.15, -0.1) is 0 Å². The molecule has 0 aliphatic carbocycles. The van der Waals surface area contributed by atoms with E-state index in [9.17, 15) is 9.18 Å². The minimum atomic E-state index is -0.440. The Morgan fingerprint density at radius 1 is 1.09 bits per heavy atom. The number of rotatable bonds is 1. The Hall–Kier alpha value is -3.02. The van der Waals surface area contributed by atoms with Crippen molar-refractivity contribution in [2.45, 2.75) is 13.1 Å². The predicted octanol–water partition coefficient (Wildman–Crippen LogP) is 2.51. The van der Waals surface area contributed by atoms with E-state index in [-0.39, 0.29) is 17.5 Å². The molecule has 0 unspecified atom stereocenters. The van der Waals surface area contributed by atoms with Crippen molar-refractivity contribution in [3.8, 4) is 0 Å². The third-order valence-corrected chi connectivity index (χ3v) is 4.01. The number of aromatic nitrogens is 2. The van der Waals surface area contributed by atoms with Crippen molar-refractivity contribution in [2.24, 2.45) is 0 Å². The van der Waals surface area contributed by atoms with Crippen LogP contribution in [0.4, 0.5) is 10.3 Å². The highest BCUT2D eigenvalue weighted by Crippen LogP contribution is 2.26. The molecule has 114 valence electrons. The van der Waals surface area contributed by atoms with Crippen molar-refractivity contribution in [3.05, 3.63) is 65.1 Å². The summed E-state index contributed by atoms with van der Waals surface area (Å²) in [6.07, 6.45) is 0. The normalized spacial score (nSPS) is 13.3. The van der Waals surface area contributed by atoms with Crippen LogP contribution in [-0.4, -0.2) is 20.8 Å². The summed E-state index contributed by atoms with van der Waals surface area (Å²) >= 11 is 0. The summed E-state index contributed by atoms with van der Waals surface area (Å²) in [4.78, 5) is 22.6. The molecule has 1 aromatic heterocycles. The lowest BCUT2D eigenvalue weighted by Gasteiger charge is -2.16. The van der Waals surface area contributed by atoms with E-state index in [1.54, 1.807) is 4.90 Å². The number of carbonyl (C=O) groups is 1. The van der Waals surface area contributed by atoms with Crippen LogP contribution in [0.3, 0.4) is 0 Å². The van der Waals surface area contributed by atoms with Gasteiger partial charge in [0.25, 0.3) is 5.91 Å². The average molecular weight is 308 g/mol. The molecule has 1 amide bonds. The van der Waals surface area contributed by atoms with Crippen LogP contribution in [0.2, 0.25) is 0 Å². The highest BCUT2D eigenvalue weighted by molar-refractivity contribution is 6.04. The smallest absolute Gasteiger partial charge is 0.273 e. The minimum Gasteiger partial charge on any atom is -0.368 e. The average Bonchev–Trinajstić information content (AvgIpc) is 2.98. The van der Waals surface area contributed by atoms with Crippen molar-refractivity contribution in [3.63, 3.8) is 0 Å². The molecule has 5 nitrogen and oxygen atoms in total. The fourth-order valence-corrected chi connectivity index (χ4v) is 2.91. The van der Waals surface area contributed by atoms with Gasteiger partial charge in [0.1, 0.15) is 11.5 Å². The number of nitrogens with two attached hydrogens (primary N) is 1. The summed E-state index contributed by atoms with van der Waals surface area (Å²) in [7, 11) is 0. The van der Waals surface area contributed by atoms with E-state index in [0.717, 1.165) is 11.1 Å². The molecule has 2 heterocycles. The Morgan fingerprint density at radius 2 is 1.78 bits per heavy atom. The first-order valence-electron chi connectivity index (χ1n) is 7.20. The van der Waals surface area contributed by atoms with Gasteiger partial charge < -0.3 is 10.6 Å². The van der Waals surface area contributed by atoms with Crippen LogP contribution in [0, 0.1) is 5.82 Å². The van der Waals surface area contributed by atoms with Crippen molar-refractivity contribution < 1.29 is 9.18 Å². The van der Waals surface area contributed by atoms with E-state index >= 15 is 0 Å². The number of nitrogen functional groups attached to an aromatic ring is 1. The number of amides is 1. The van der Waals surface area contributed by atoms with Crippen molar-refractivity contribution >= 4 is 22.8 Å². The van der Waals surface area contributed by atoms with Gasteiger partial charge in [0.2, 0.25) is 5.95 Å². The van der Waals surface area contributed by atoms with Gasteiger partial charge in [-0.3, -0.25) is 4.79 Å². The minimum absolute atomic E-state index is 0.00386. The molecule has 4 rings (SSSR count). The maximum atomic E-state index is 13.6. The predicted molar refractivity (Wildman–Crippen MR) is 83.9 cm³/mol. The maximum Gasteiger partial charge on any atom is 0.273 e. The summed E-state index contributed by atoms with van der Waals surface area (Å²) in [6.45, 7) is 1.02. The monoisotopic (exact) mass is 308 g/mol. The molecule has 0 atom stereocenters. The summed E-state index contributed by atoms with van der Waals surface area (Å²) in [5, 5.41) is 0.375. The highest BCUT2D eigenvalue weighted by Gasteiger charge is 2.26. The van der Waals surface area contributed by atoms with Gasteiger partial charge in [-0.2, -0.15) is 0 Å². The quantitative estimate of drug-likeness (QED) is 0.749.